The summed E-state index contributed by atoms with van der Waals surface area (Å²) in [5, 5.41) is 0.500. The summed E-state index contributed by atoms with van der Waals surface area (Å²) in [4.78, 5) is 3.97. The molecule has 90 valence electrons. The molecule has 0 aliphatic heterocycles. The molecule has 3 nitrogen and oxygen atoms in total. The van der Waals surface area contributed by atoms with Crippen molar-refractivity contribution in [2.75, 3.05) is 13.2 Å². The van der Waals surface area contributed by atoms with E-state index in [-0.39, 0.29) is 5.60 Å². The van der Waals surface area contributed by atoms with E-state index in [0.717, 1.165) is 5.56 Å². The number of nitrogens with zero attached hydrogens (tertiary/aromatic N) is 1. The first-order valence-corrected chi connectivity index (χ1v) is 5.67. The molecule has 0 saturated carbocycles. The minimum atomic E-state index is -0.106. The van der Waals surface area contributed by atoms with Crippen molar-refractivity contribution in [3.8, 4) is 0 Å². The second-order valence-electron chi connectivity index (χ2n) is 4.50. The third kappa shape index (κ3) is 6.05. The van der Waals surface area contributed by atoms with Crippen molar-refractivity contribution in [2.24, 2.45) is 0 Å². The number of pyridine rings is 1. The van der Waals surface area contributed by atoms with Crippen LogP contribution in [0.2, 0.25) is 5.15 Å². The maximum absolute atomic E-state index is 5.67. The van der Waals surface area contributed by atoms with Crippen molar-refractivity contribution in [3.05, 3.63) is 29.0 Å². The molecule has 0 atom stereocenters. The van der Waals surface area contributed by atoms with Crippen molar-refractivity contribution < 1.29 is 9.47 Å². The maximum atomic E-state index is 5.67. The fraction of sp³-hybridized carbons (Fsp3) is 0.583. The van der Waals surface area contributed by atoms with Crippen LogP contribution in [0.3, 0.4) is 0 Å². The Morgan fingerprint density at radius 2 is 2.00 bits per heavy atom. The number of ether oxygens (including phenoxy) is 2. The van der Waals surface area contributed by atoms with Gasteiger partial charge in [-0.15, -0.1) is 0 Å². The SMILES string of the molecule is CC(C)(C)OCCOCc1ccc(Cl)nc1. The predicted molar refractivity (Wildman–Crippen MR) is 64.6 cm³/mol. The average molecular weight is 244 g/mol. The van der Waals surface area contributed by atoms with Crippen LogP contribution < -0.4 is 0 Å². The van der Waals surface area contributed by atoms with Gasteiger partial charge in [0.25, 0.3) is 0 Å². The molecule has 1 aromatic rings. The molecule has 0 N–H and O–H groups in total. The van der Waals surface area contributed by atoms with Crippen molar-refractivity contribution in [2.45, 2.75) is 33.0 Å². The van der Waals surface area contributed by atoms with Gasteiger partial charge >= 0.3 is 0 Å². The standard InChI is InChI=1S/C12H18ClNO2/c1-12(2,3)16-7-6-15-9-10-4-5-11(13)14-8-10/h4-5,8H,6-7,9H2,1-3H3. The van der Waals surface area contributed by atoms with Crippen molar-refractivity contribution >= 4 is 11.6 Å². The monoisotopic (exact) mass is 243 g/mol. The molecule has 1 aromatic heterocycles. The average Bonchev–Trinajstić information content (AvgIpc) is 2.19. The Morgan fingerprint density at radius 3 is 2.56 bits per heavy atom. The molecular formula is C12H18ClNO2. The van der Waals surface area contributed by atoms with Gasteiger partial charge in [-0.3, -0.25) is 0 Å². The van der Waals surface area contributed by atoms with Crippen molar-refractivity contribution in [1.82, 2.24) is 4.98 Å². The fourth-order valence-corrected chi connectivity index (χ4v) is 1.20. The molecular weight excluding hydrogens is 226 g/mol. The predicted octanol–water partition coefficient (Wildman–Crippen LogP) is 3.07. The number of hydrogen-bond acceptors (Lipinski definition) is 3. The number of halogens is 1. The second-order valence-corrected chi connectivity index (χ2v) is 4.89. The Balaban J connectivity index is 2.14. The van der Waals surface area contributed by atoms with Crippen molar-refractivity contribution in [1.29, 1.82) is 0 Å². The van der Waals surface area contributed by atoms with Crippen LogP contribution in [0.1, 0.15) is 26.3 Å². The minimum Gasteiger partial charge on any atom is -0.374 e. The van der Waals surface area contributed by atoms with Gasteiger partial charge in [0.15, 0.2) is 0 Å². The van der Waals surface area contributed by atoms with E-state index in [1.807, 2.05) is 26.8 Å². The lowest BCUT2D eigenvalue weighted by atomic mass is 10.2. The van der Waals surface area contributed by atoms with E-state index in [1.165, 1.54) is 0 Å². The summed E-state index contributed by atoms with van der Waals surface area (Å²) in [5.74, 6) is 0. The molecule has 0 unspecified atom stereocenters. The molecule has 0 fully saturated rings. The lowest BCUT2D eigenvalue weighted by Crippen LogP contribution is -2.21. The van der Waals surface area contributed by atoms with Gasteiger partial charge < -0.3 is 9.47 Å². The minimum absolute atomic E-state index is 0.106. The Hall–Kier alpha value is -0.640. The lowest BCUT2D eigenvalue weighted by Gasteiger charge is -2.19. The van der Waals surface area contributed by atoms with Gasteiger partial charge in [0.2, 0.25) is 0 Å². The molecule has 4 heteroatoms. The van der Waals surface area contributed by atoms with E-state index in [1.54, 1.807) is 12.3 Å². The third-order valence-corrected chi connectivity index (χ3v) is 2.04. The van der Waals surface area contributed by atoms with Gasteiger partial charge in [0, 0.05) is 6.20 Å². The molecule has 1 heterocycles. The second kappa shape index (κ2) is 6.18. The molecule has 0 aromatic carbocycles. The Bertz CT molecular complexity index is 306. The Labute approximate surface area is 102 Å². The van der Waals surface area contributed by atoms with Crippen LogP contribution in [0.25, 0.3) is 0 Å². The summed E-state index contributed by atoms with van der Waals surface area (Å²) < 4.78 is 11.0. The highest BCUT2D eigenvalue weighted by atomic mass is 35.5. The summed E-state index contributed by atoms with van der Waals surface area (Å²) in [6.07, 6.45) is 1.72. The number of rotatable bonds is 5. The Morgan fingerprint density at radius 1 is 1.25 bits per heavy atom. The topological polar surface area (TPSA) is 31.4 Å². The third-order valence-electron chi connectivity index (χ3n) is 1.82. The Kier molecular flexibility index (Phi) is 5.19. The molecule has 0 spiro atoms. The first-order chi connectivity index (χ1) is 7.47. The van der Waals surface area contributed by atoms with E-state index in [9.17, 15) is 0 Å². The van der Waals surface area contributed by atoms with Crippen LogP contribution in [-0.2, 0) is 16.1 Å². The molecule has 0 aliphatic carbocycles. The molecule has 1 rings (SSSR count). The molecule has 16 heavy (non-hydrogen) atoms. The van der Waals surface area contributed by atoms with E-state index < -0.39 is 0 Å². The molecule has 0 saturated heterocycles. The fourth-order valence-electron chi connectivity index (χ4n) is 1.09. The molecule has 0 amide bonds. The van der Waals surface area contributed by atoms with Crippen LogP contribution in [-0.4, -0.2) is 23.8 Å². The van der Waals surface area contributed by atoms with Gasteiger partial charge in [-0.2, -0.15) is 0 Å². The van der Waals surface area contributed by atoms with Crippen LogP contribution in [0.15, 0.2) is 18.3 Å². The van der Waals surface area contributed by atoms with Gasteiger partial charge in [-0.05, 0) is 32.4 Å². The van der Waals surface area contributed by atoms with E-state index in [2.05, 4.69) is 4.98 Å². The normalized spacial score (nSPS) is 11.8. The summed E-state index contributed by atoms with van der Waals surface area (Å²) >= 11 is 5.67. The highest BCUT2D eigenvalue weighted by Gasteiger charge is 2.08. The summed E-state index contributed by atoms with van der Waals surface area (Å²) in [6.45, 7) is 7.80. The zero-order valence-corrected chi connectivity index (χ0v) is 10.8. The zero-order chi connectivity index (χ0) is 12.0. The largest absolute Gasteiger partial charge is 0.374 e. The maximum Gasteiger partial charge on any atom is 0.129 e. The number of aromatic nitrogens is 1. The van der Waals surface area contributed by atoms with Crippen molar-refractivity contribution in [3.63, 3.8) is 0 Å². The zero-order valence-electron chi connectivity index (χ0n) is 10.00. The van der Waals surface area contributed by atoms with Gasteiger partial charge in [-0.25, -0.2) is 4.98 Å². The summed E-state index contributed by atoms with van der Waals surface area (Å²) in [5.41, 5.74) is 0.908. The quantitative estimate of drug-likeness (QED) is 0.588. The van der Waals surface area contributed by atoms with Gasteiger partial charge in [-0.1, -0.05) is 17.7 Å². The first kappa shape index (κ1) is 13.4. The van der Waals surface area contributed by atoms with Gasteiger partial charge in [0.05, 0.1) is 25.4 Å². The molecule has 0 aliphatic rings. The van der Waals surface area contributed by atoms with Crippen LogP contribution in [0, 0.1) is 0 Å². The number of hydrogen-bond donors (Lipinski definition) is 0. The van der Waals surface area contributed by atoms with Crippen LogP contribution in [0.4, 0.5) is 0 Å². The van der Waals surface area contributed by atoms with Crippen LogP contribution >= 0.6 is 11.6 Å². The highest BCUT2D eigenvalue weighted by Crippen LogP contribution is 2.07. The summed E-state index contributed by atoms with van der Waals surface area (Å²) in [7, 11) is 0. The molecule has 0 radical (unpaired) electrons. The highest BCUT2D eigenvalue weighted by molar-refractivity contribution is 6.29. The van der Waals surface area contributed by atoms with Gasteiger partial charge in [0.1, 0.15) is 5.15 Å². The van der Waals surface area contributed by atoms with Crippen LogP contribution in [0.5, 0.6) is 0 Å². The first-order valence-electron chi connectivity index (χ1n) is 5.29. The molecule has 0 bridgehead atoms. The van der Waals surface area contributed by atoms with E-state index in [0.29, 0.717) is 25.0 Å². The smallest absolute Gasteiger partial charge is 0.129 e. The van der Waals surface area contributed by atoms with E-state index >= 15 is 0 Å². The van der Waals surface area contributed by atoms with E-state index in [4.69, 9.17) is 21.1 Å². The summed E-state index contributed by atoms with van der Waals surface area (Å²) in [6, 6.07) is 3.66. The lowest BCUT2D eigenvalue weighted by molar-refractivity contribution is -0.0377.